The van der Waals surface area contributed by atoms with Crippen LogP contribution in [0.1, 0.15) is 42.3 Å². The smallest absolute Gasteiger partial charge is 0.332 e. The number of nitrogens with one attached hydrogen (secondary N) is 4. The predicted octanol–water partition coefficient (Wildman–Crippen LogP) is 2.41. The van der Waals surface area contributed by atoms with Gasteiger partial charge < -0.3 is 25.7 Å². The number of anilines is 1. The fourth-order valence-electron chi connectivity index (χ4n) is 4.36. The van der Waals surface area contributed by atoms with Crippen LogP contribution in [0.5, 0.6) is 0 Å². The van der Waals surface area contributed by atoms with E-state index in [1.54, 1.807) is 24.0 Å². The third-order valence-corrected chi connectivity index (χ3v) is 6.41. The topological polar surface area (TPSA) is 149 Å². The van der Waals surface area contributed by atoms with E-state index in [-0.39, 0.29) is 18.3 Å². The number of likely N-dealkylation sites (tertiary alicyclic amines) is 1. The first-order valence-corrected chi connectivity index (χ1v) is 12.2. The van der Waals surface area contributed by atoms with Gasteiger partial charge in [-0.1, -0.05) is 6.07 Å². The van der Waals surface area contributed by atoms with Gasteiger partial charge in [0, 0.05) is 30.9 Å². The summed E-state index contributed by atoms with van der Waals surface area (Å²) in [5.74, 6) is 0.0443. The van der Waals surface area contributed by atoms with Gasteiger partial charge in [0.15, 0.2) is 6.04 Å². The van der Waals surface area contributed by atoms with Crippen molar-refractivity contribution in [1.29, 1.82) is 5.41 Å². The van der Waals surface area contributed by atoms with Crippen LogP contribution in [0.3, 0.4) is 0 Å². The molecule has 1 amide bonds. The van der Waals surface area contributed by atoms with Crippen molar-refractivity contribution < 1.29 is 14.3 Å². The SMILES string of the molecule is CCOC(=O)C(NCc1ccc2[nH]c(CNc3ccc(C(=N)N)cc3)nc2c1C)C(=O)N1CCCC1. The zero-order valence-corrected chi connectivity index (χ0v) is 20.7. The second kappa shape index (κ2) is 11.2. The number of fused-ring (bicyclic) bond motifs is 1. The highest BCUT2D eigenvalue weighted by Gasteiger charge is 2.33. The van der Waals surface area contributed by atoms with E-state index in [1.807, 2.05) is 31.2 Å². The van der Waals surface area contributed by atoms with Gasteiger partial charge in [0.1, 0.15) is 11.7 Å². The summed E-state index contributed by atoms with van der Waals surface area (Å²) in [7, 11) is 0. The maximum Gasteiger partial charge on any atom is 0.332 e. The summed E-state index contributed by atoms with van der Waals surface area (Å²) in [6.45, 7) is 6.13. The van der Waals surface area contributed by atoms with Gasteiger partial charge in [-0.2, -0.15) is 0 Å². The van der Waals surface area contributed by atoms with Gasteiger partial charge in [-0.15, -0.1) is 0 Å². The number of amidine groups is 1. The molecule has 0 spiro atoms. The second-order valence-corrected chi connectivity index (χ2v) is 8.87. The number of nitrogen functional groups attached to an aromatic ring is 1. The number of nitrogens with zero attached hydrogens (tertiary/aromatic N) is 2. The molecular formula is C26H33N7O3. The summed E-state index contributed by atoms with van der Waals surface area (Å²) < 4.78 is 5.17. The van der Waals surface area contributed by atoms with Gasteiger partial charge in [-0.05, 0) is 68.1 Å². The maximum absolute atomic E-state index is 12.9. The molecule has 0 aliphatic carbocycles. The quantitative estimate of drug-likeness (QED) is 0.127. The normalized spacial score (nSPS) is 14.1. The number of H-pyrrole nitrogens is 1. The van der Waals surface area contributed by atoms with E-state index < -0.39 is 12.0 Å². The molecular weight excluding hydrogens is 458 g/mol. The number of ether oxygens (including phenoxy) is 1. The molecule has 3 aromatic rings. The van der Waals surface area contributed by atoms with Crippen LogP contribution in [0, 0.1) is 12.3 Å². The Morgan fingerprint density at radius 2 is 1.89 bits per heavy atom. The lowest BCUT2D eigenvalue weighted by molar-refractivity contribution is -0.152. The molecule has 10 nitrogen and oxygen atoms in total. The zero-order valence-electron chi connectivity index (χ0n) is 20.7. The van der Waals surface area contributed by atoms with Gasteiger partial charge in [0.2, 0.25) is 0 Å². The van der Waals surface area contributed by atoms with Crippen LogP contribution >= 0.6 is 0 Å². The Morgan fingerprint density at radius 1 is 1.17 bits per heavy atom. The molecule has 1 atom stereocenters. The van der Waals surface area contributed by atoms with Crippen LogP contribution < -0.4 is 16.4 Å². The summed E-state index contributed by atoms with van der Waals surface area (Å²) in [6.07, 6.45) is 1.91. The van der Waals surface area contributed by atoms with Crippen LogP contribution in [0.25, 0.3) is 11.0 Å². The Balaban J connectivity index is 1.44. The molecule has 1 unspecified atom stereocenters. The highest BCUT2D eigenvalue weighted by molar-refractivity contribution is 6.02. The first-order chi connectivity index (χ1) is 17.4. The van der Waals surface area contributed by atoms with Gasteiger partial charge in [0.25, 0.3) is 5.91 Å². The van der Waals surface area contributed by atoms with Gasteiger partial charge in [-0.25, -0.2) is 9.78 Å². The monoisotopic (exact) mass is 491 g/mol. The third kappa shape index (κ3) is 5.65. The number of rotatable bonds is 10. The molecule has 0 saturated carbocycles. The van der Waals surface area contributed by atoms with Crippen molar-refractivity contribution in [1.82, 2.24) is 20.2 Å². The number of carbonyl (C=O) groups excluding carboxylic acids is 2. The summed E-state index contributed by atoms with van der Waals surface area (Å²) in [4.78, 5) is 35.3. The molecule has 2 heterocycles. The average Bonchev–Trinajstić information content (AvgIpc) is 3.55. The van der Waals surface area contributed by atoms with Crippen molar-refractivity contribution in [2.24, 2.45) is 5.73 Å². The number of hydrogen-bond donors (Lipinski definition) is 5. The number of imidazole rings is 1. The summed E-state index contributed by atoms with van der Waals surface area (Å²) in [5, 5.41) is 13.9. The van der Waals surface area contributed by atoms with Gasteiger partial charge >= 0.3 is 5.97 Å². The number of aromatic amines is 1. The van der Waals surface area contributed by atoms with Crippen LogP contribution in [0.2, 0.25) is 0 Å². The van der Waals surface area contributed by atoms with Crippen LogP contribution in [-0.4, -0.2) is 58.3 Å². The Labute approximate surface area is 210 Å². The minimum Gasteiger partial charge on any atom is -0.464 e. The summed E-state index contributed by atoms with van der Waals surface area (Å²) in [6, 6.07) is 10.2. The molecule has 190 valence electrons. The molecule has 1 aromatic heterocycles. The number of hydrogen-bond acceptors (Lipinski definition) is 7. The Morgan fingerprint density at radius 3 is 2.56 bits per heavy atom. The van der Waals surface area contributed by atoms with E-state index in [1.165, 1.54) is 0 Å². The van der Waals surface area contributed by atoms with Crippen molar-refractivity contribution in [2.75, 3.05) is 25.0 Å². The first kappa shape index (κ1) is 25.2. The van der Waals surface area contributed by atoms with E-state index in [0.717, 1.165) is 46.5 Å². The van der Waals surface area contributed by atoms with Crippen molar-refractivity contribution in [2.45, 2.75) is 45.8 Å². The Kier molecular flexibility index (Phi) is 7.84. The molecule has 10 heteroatoms. The predicted molar refractivity (Wildman–Crippen MR) is 139 cm³/mol. The number of benzene rings is 2. The van der Waals surface area contributed by atoms with E-state index in [4.69, 9.17) is 20.9 Å². The standard InChI is InChI=1S/C26H33N7O3/c1-3-36-26(35)23(25(34)33-12-4-5-13-33)30-14-18-8-11-20-22(16(18)2)32-21(31-20)15-29-19-9-6-17(7-10-19)24(27)28/h6-11,23,29-30H,3-5,12-15H2,1-2H3,(H3,27,28)(H,31,32). The van der Waals surface area contributed by atoms with Crippen LogP contribution in [0.15, 0.2) is 36.4 Å². The summed E-state index contributed by atoms with van der Waals surface area (Å²) in [5.41, 5.74) is 10.8. The molecule has 0 radical (unpaired) electrons. The van der Waals surface area contributed by atoms with Crippen LogP contribution in [0.4, 0.5) is 5.69 Å². The highest BCUT2D eigenvalue weighted by atomic mass is 16.5. The lowest BCUT2D eigenvalue weighted by Crippen LogP contribution is -2.50. The number of nitrogens with two attached hydrogens (primary N) is 1. The van der Waals surface area contributed by atoms with E-state index in [9.17, 15) is 9.59 Å². The van der Waals surface area contributed by atoms with Gasteiger partial charge in [0.05, 0.1) is 24.2 Å². The molecule has 36 heavy (non-hydrogen) atoms. The summed E-state index contributed by atoms with van der Waals surface area (Å²) >= 11 is 0. The molecule has 0 bridgehead atoms. The second-order valence-electron chi connectivity index (χ2n) is 8.87. The fourth-order valence-corrected chi connectivity index (χ4v) is 4.36. The number of esters is 1. The average molecular weight is 492 g/mol. The van der Waals surface area contributed by atoms with Gasteiger partial charge in [-0.3, -0.25) is 15.5 Å². The number of aryl methyl sites for hydroxylation is 1. The van der Waals surface area contributed by atoms with Crippen molar-refractivity contribution in [3.8, 4) is 0 Å². The van der Waals surface area contributed by atoms with E-state index in [2.05, 4.69) is 15.6 Å². The molecule has 1 aliphatic rings. The van der Waals surface area contributed by atoms with Crippen molar-refractivity contribution >= 4 is 34.4 Å². The maximum atomic E-state index is 12.9. The molecule has 1 aliphatic heterocycles. The number of amides is 1. The molecule has 6 N–H and O–H groups in total. The van der Waals surface area contributed by atoms with Crippen molar-refractivity contribution in [3.05, 3.63) is 58.9 Å². The van der Waals surface area contributed by atoms with E-state index >= 15 is 0 Å². The number of carbonyl (C=O) groups is 2. The lowest BCUT2D eigenvalue weighted by atomic mass is 10.1. The molecule has 4 rings (SSSR count). The first-order valence-electron chi connectivity index (χ1n) is 12.2. The Hall–Kier alpha value is -3.92. The molecule has 1 fully saturated rings. The largest absolute Gasteiger partial charge is 0.464 e. The molecule has 2 aromatic carbocycles. The zero-order chi connectivity index (χ0) is 25.7. The molecule has 1 saturated heterocycles. The minimum absolute atomic E-state index is 0.0357. The fraction of sp³-hybridized carbons (Fsp3) is 0.385. The lowest BCUT2D eigenvalue weighted by Gasteiger charge is -2.23. The van der Waals surface area contributed by atoms with Crippen LogP contribution in [-0.2, 0) is 27.4 Å². The number of aromatic nitrogens is 2. The van der Waals surface area contributed by atoms with Crippen molar-refractivity contribution in [3.63, 3.8) is 0 Å². The third-order valence-electron chi connectivity index (χ3n) is 6.41. The van der Waals surface area contributed by atoms with E-state index in [0.29, 0.717) is 31.7 Å². The highest BCUT2D eigenvalue weighted by Crippen LogP contribution is 2.21. The minimum atomic E-state index is -1.02. The Bertz CT molecular complexity index is 1250.